The number of imidazole rings is 1. The van der Waals surface area contributed by atoms with E-state index in [0.29, 0.717) is 0 Å². The SMILES string of the molecule is c1ccc(-c2ccc(N(c3ccc4c(c3)C3(c5ccccc5-c5ccccc53)c3nc5ccccc5n3-4)c3ccc4c(c3)c3ccccc3n4-c3ccccc3)cc2)cc1. The van der Waals surface area contributed by atoms with Gasteiger partial charge in [0.2, 0.25) is 0 Å². The lowest BCUT2D eigenvalue weighted by molar-refractivity contribution is 0.738. The molecule has 4 nitrogen and oxygen atoms in total. The lowest BCUT2D eigenvalue weighted by Crippen LogP contribution is -2.27. The van der Waals surface area contributed by atoms with Gasteiger partial charge in [0.1, 0.15) is 11.2 Å². The first-order valence-corrected chi connectivity index (χ1v) is 20.6. The Bertz CT molecular complexity index is 3440. The van der Waals surface area contributed by atoms with Crippen LogP contribution in [0.25, 0.3) is 66.5 Å². The molecule has 0 bridgehead atoms. The molecule has 0 saturated carbocycles. The molecule has 1 aliphatic carbocycles. The second-order valence-corrected chi connectivity index (χ2v) is 15.9. The van der Waals surface area contributed by atoms with Gasteiger partial charge in [-0.2, -0.15) is 0 Å². The molecule has 60 heavy (non-hydrogen) atoms. The zero-order valence-electron chi connectivity index (χ0n) is 32.6. The highest BCUT2D eigenvalue weighted by atomic mass is 15.2. The van der Waals surface area contributed by atoms with Crippen LogP contribution >= 0.6 is 0 Å². The summed E-state index contributed by atoms with van der Waals surface area (Å²) in [4.78, 5) is 7.94. The molecule has 13 rings (SSSR count). The highest BCUT2D eigenvalue weighted by Crippen LogP contribution is 2.61. The van der Waals surface area contributed by atoms with Gasteiger partial charge in [-0.1, -0.05) is 140 Å². The predicted molar refractivity (Wildman–Crippen MR) is 246 cm³/mol. The van der Waals surface area contributed by atoms with Gasteiger partial charge in [0.25, 0.3) is 0 Å². The van der Waals surface area contributed by atoms with Crippen LogP contribution in [0, 0.1) is 0 Å². The van der Waals surface area contributed by atoms with Gasteiger partial charge >= 0.3 is 0 Å². The lowest BCUT2D eigenvalue weighted by atomic mass is 9.73. The monoisotopic (exact) mass is 764 g/mol. The molecule has 280 valence electrons. The summed E-state index contributed by atoms with van der Waals surface area (Å²) < 4.78 is 4.80. The predicted octanol–water partition coefficient (Wildman–Crippen LogP) is 13.9. The summed E-state index contributed by atoms with van der Waals surface area (Å²) in [7, 11) is 0. The quantitative estimate of drug-likeness (QED) is 0.174. The van der Waals surface area contributed by atoms with Crippen molar-refractivity contribution in [2.75, 3.05) is 4.90 Å². The molecule has 0 amide bonds. The first-order chi connectivity index (χ1) is 29.8. The van der Waals surface area contributed by atoms with Gasteiger partial charge in [0, 0.05) is 39.1 Å². The number of fused-ring (bicyclic) bond motifs is 15. The molecule has 1 aliphatic heterocycles. The minimum atomic E-state index is -0.604. The number of anilines is 3. The number of hydrogen-bond acceptors (Lipinski definition) is 2. The minimum Gasteiger partial charge on any atom is -0.310 e. The van der Waals surface area contributed by atoms with Crippen LogP contribution < -0.4 is 4.90 Å². The topological polar surface area (TPSA) is 26.0 Å². The van der Waals surface area contributed by atoms with E-state index in [-0.39, 0.29) is 0 Å². The molecule has 0 N–H and O–H groups in total. The highest BCUT2D eigenvalue weighted by molar-refractivity contribution is 6.10. The molecule has 0 fully saturated rings. The van der Waals surface area contributed by atoms with E-state index in [0.717, 1.165) is 45.3 Å². The number of para-hydroxylation sites is 4. The van der Waals surface area contributed by atoms with E-state index in [4.69, 9.17) is 4.98 Å². The van der Waals surface area contributed by atoms with Crippen LogP contribution in [-0.4, -0.2) is 14.1 Å². The Balaban J connectivity index is 1.08. The molecule has 0 atom stereocenters. The molecular weight excluding hydrogens is 729 g/mol. The van der Waals surface area contributed by atoms with Crippen molar-refractivity contribution in [2.24, 2.45) is 0 Å². The highest BCUT2D eigenvalue weighted by Gasteiger charge is 2.54. The van der Waals surface area contributed by atoms with E-state index in [1.54, 1.807) is 0 Å². The summed E-state index contributed by atoms with van der Waals surface area (Å²) in [6, 6.07) is 79.6. The Morgan fingerprint density at radius 2 is 0.950 bits per heavy atom. The molecule has 2 aliphatic rings. The third-order valence-electron chi connectivity index (χ3n) is 12.9. The van der Waals surface area contributed by atoms with Crippen LogP contribution in [-0.2, 0) is 5.41 Å². The van der Waals surface area contributed by atoms with Crippen molar-refractivity contribution in [1.29, 1.82) is 0 Å². The Morgan fingerprint density at radius 3 is 1.72 bits per heavy atom. The van der Waals surface area contributed by atoms with Crippen molar-refractivity contribution in [3.05, 3.63) is 241 Å². The fraction of sp³-hybridized carbons (Fsp3) is 0.0179. The average molecular weight is 765 g/mol. The second-order valence-electron chi connectivity index (χ2n) is 15.9. The van der Waals surface area contributed by atoms with Gasteiger partial charge in [0.15, 0.2) is 0 Å². The first-order valence-electron chi connectivity index (χ1n) is 20.6. The van der Waals surface area contributed by atoms with Gasteiger partial charge < -0.3 is 9.47 Å². The number of nitrogens with zero attached hydrogens (tertiary/aromatic N) is 4. The molecule has 4 heteroatoms. The van der Waals surface area contributed by atoms with Crippen molar-refractivity contribution < 1.29 is 0 Å². The van der Waals surface area contributed by atoms with E-state index in [1.165, 1.54) is 60.8 Å². The zero-order valence-corrected chi connectivity index (χ0v) is 32.6. The number of aromatic nitrogens is 3. The summed E-state index contributed by atoms with van der Waals surface area (Å²) in [5, 5.41) is 2.43. The van der Waals surface area contributed by atoms with Crippen molar-refractivity contribution in [3.8, 4) is 33.6 Å². The van der Waals surface area contributed by atoms with Gasteiger partial charge in [-0.05, 0) is 112 Å². The molecule has 0 unspecified atom stereocenters. The Labute approximate surface area is 347 Å². The second kappa shape index (κ2) is 12.5. The Morgan fingerprint density at radius 1 is 0.383 bits per heavy atom. The van der Waals surface area contributed by atoms with Crippen LogP contribution in [0.2, 0.25) is 0 Å². The molecule has 1 spiro atoms. The van der Waals surface area contributed by atoms with Crippen molar-refractivity contribution in [1.82, 2.24) is 14.1 Å². The van der Waals surface area contributed by atoms with Crippen LogP contribution in [0.15, 0.2) is 218 Å². The molecule has 11 aromatic rings. The van der Waals surface area contributed by atoms with Crippen LogP contribution in [0.5, 0.6) is 0 Å². The van der Waals surface area contributed by atoms with E-state index in [2.05, 4.69) is 232 Å². The maximum Gasteiger partial charge on any atom is 0.134 e. The van der Waals surface area contributed by atoms with E-state index < -0.39 is 5.41 Å². The third-order valence-corrected chi connectivity index (χ3v) is 12.9. The summed E-state index contributed by atoms with van der Waals surface area (Å²) >= 11 is 0. The Kier molecular flexibility index (Phi) is 6.90. The largest absolute Gasteiger partial charge is 0.310 e. The fourth-order valence-corrected chi connectivity index (χ4v) is 10.4. The molecule has 2 aromatic heterocycles. The summed E-state index contributed by atoms with van der Waals surface area (Å²) in [5.74, 6) is 1.04. The van der Waals surface area contributed by atoms with Crippen LogP contribution in [0.3, 0.4) is 0 Å². The van der Waals surface area contributed by atoms with Gasteiger partial charge in [-0.25, -0.2) is 4.98 Å². The van der Waals surface area contributed by atoms with Gasteiger partial charge in [-0.15, -0.1) is 0 Å². The van der Waals surface area contributed by atoms with E-state index in [1.807, 2.05) is 0 Å². The fourth-order valence-electron chi connectivity index (χ4n) is 10.4. The summed E-state index contributed by atoms with van der Waals surface area (Å²) in [6.45, 7) is 0. The van der Waals surface area contributed by atoms with E-state index in [9.17, 15) is 0 Å². The van der Waals surface area contributed by atoms with Gasteiger partial charge in [-0.3, -0.25) is 4.57 Å². The van der Waals surface area contributed by atoms with E-state index >= 15 is 0 Å². The molecular formula is C56H36N4. The molecule has 3 heterocycles. The van der Waals surface area contributed by atoms with Crippen molar-refractivity contribution in [3.63, 3.8) is 0 Å². The summed E-state index contributed by atoms with van der Waals surface area (Å²) in [5.41, 5.74) is 18.1. The number of rotatable bonds is 5. The molecule has 0 saturated heterocycles. The number of benzene rings is 9. The zero-order chi connectivity index (χ0) is 39.4. The molecule has 9 aromatic carbocycles. The smallest absolute Gasteiger partial charge is 0.134 e. The maximum atomic E-state index is 5.51. The van der Waals surface area contributed by atoms with Crippen LogP contribution in [0.4, 0.5) is 17.1 Å². The van der Waals surface area contributed by atoms with Crippen molar-refractivity contribution in [2.45, 2.75) is 5.41 Å². The number of hydrogen-bond donors (Lipinski definition) is 0. The molecule has 0 radical (unpaired) electrons. The maximum absolute atomic E-state index is 5.51. The van der Waals surface area contributed by atoms with Crippen molar-refractivity contribution >= 4 is 49.9 Å². The van der Waals surface area contributed by atoms with Gasteiger partial charge in [0.05, 0.1) is 27.8 Å². The average Bonchev–Trinajstić information content (AvgIpc) is 4.03. The standard InChI is InChI=1S/C56H36N4/c1-3-15-37(16-4-1)38-27-29-40(30-28-38)58(41-31-33-52-46(35-41)45-21-9-13-25-51(45)59(52)39-17-5-2-6-18-39)42-32-34-53-49(36-42)56(55-57-50-24-12-14-26-54(50)60(53)55)47-22-10-7-19-43(47)44-20-8-11-23-48(44)56/h1-36H. The first kappa shape index (κ1) is 33.1. The Hall–Kier alpha value is -7.95. The van der Waals surface area contributed by atoms with Crippen LogP contribution in [0.1, 0.15) is 22.5 Å². The third kappa shape index (κ3) is 4.47. The summed E-state index contributed by atoms with van der Waals surface area (Å²) in [6.07, 6.45) is 0. The minimum absolute atomic E-state index is 0.604. The normalized spacial score (nSPS) is 13.1. The lowest BCUT2D eigenvalue weighted by Gasteiger charge is -2.30.